The molecule has 2 aromatic rings. The summed E-state index contributed by atoms with van der Waals surface area (Å²) in [7, 11) is 3.75. The third-order valence-corrected chi connectivity index (χ3v) is 3.73. The number of hydrogen-bond acceptors (Lipinski definition) is 6. The summed E-state index contributed by atoms with van der Waals surface area (Å²) in [4.78, 5) is 22.8. The quantitative estimate of drug-likeness (QED) is 0.862. The highest BCUT2D eigenvalue weighted by molar-refractivity contribution is 6.02. The molecule has 0 fully saturated rings. The van der Waals surface area contributed by atoms with Gasteiger partial charge in [-0.15, -0.1) is 0 Å². The molecule has 25 heavy (non-hydrogen) atoms. The van der Waals surface area contributed by atoms with Crippen molar-refractivity contribution in [2.75, 3.05) is 31.1 Å². The highest BCUT2D eigenvalue weighted by Gasteiger charge is 2.13. The Morgan fingerprint density at radius 2 is 1.84 bits per heavy atom. The minimum Gasteiger partial charge on any atom is -0.454 e. The maximum Gasteiger partial charge on any atom is 0.248 e. The minimum atomic E-state index is -0.245. The molecule has 0 spiro atoms. The van der Waals surface area contributed by atoms with Crippen LogP contribution in [0.2, 0.25) is 0 Å². The summed E-state index contributed by atoms with van der Waals surface area (Å²) >= 11 is 0. The number of carbonyl (C=O) groups is 1. The van der Waals surface area contributed by atoms with Gasteiger partial charge in [-0.25, -0.2) is 9.97 Å². The standard InChI is InChI=1S/C18H20N4O3/c1-11-17(12(2)20-18(19-11)22(3)4)21-16(23)8-6-13-5-7-14-15(9-13)25-10-24-14/h5-9H,10H2,1-4H3,(H,21,23)/b8-6+. The molecule has 1 aromatic heterocycles. The maximum atomic E-state index is 12.2. The van der Waals surface area contributed by atoms with E-state index in [0.29, 0.717) is 23.1 Å². The lowest BCUT2D eigenvalue weighted by atomic mass is 10.2. The molecule has 3 rings (SSSR count). The van der Waals surface area contributed by atoms with Crippen molar-refractivity contribution in [2.45, 2.75) is 13.8 Å². The molecule has 1 aliphatic heterocycles. The van der Waals surface area contributed by atoms with Gasteiger partial charge < -0.3 is 19.7 Å². The Hall–Kier alpha value is -3.09. The summed E-state index contributed by atoms with van der Waals surface area (Å²) in [6.45, 7) is 3.92. The summed E-state index contributed by atoms with van der Waals surface area (Å²) in [5.41, 5.74) is 2.93. The van der Waals surface area contributed by atoms with Crippen molar-refractivity contribution in [2.24, 2.45) is 0 Å². The van der Waals surface area contributed by atoms with E-state index in [0.717, 1.165) is 17.0 Å². The second-order valence-electron chi connectivity index (χ2n) is 5.90. The van der Waals surface area contributed by atoms with Crippen LogP contribution in [0.15, 0.2) is 24.3 Å². The first-order chi connectivity index (χ1) is 11.9. The number of nitrogens with one attached hydrogen (secondary N) is 1. The molecule has 0 atom stereocenters. The molecule has 1 aliphatic rings. The molecule has 7 nitrogen and oxygen atoms in total. The normalized spacial score (nSPS) is 12.5. The van der Waals surface area contributed by atoms with Crippen molar-refractivity contribution in [3.8, 4) is 11.5 Å². The first-order valence-corrected chi connectivity index (χ1v) is 7.85. The van der Waals surface area contributed by atoms with Crippen molar-refractivity contribution >= 4 is 23.6 Å². The van der Waals surface area contributed by atoms with E-state index >= 15 is 0 Å². The molecule has 0 aliphatic carbocycles. The summed E-state index contributed by atoms with van der Waals surface area (Å²) in [5.74, 6) is 1.77. The van der Waals surface area contributed by atoms with Crippen LogP contribution in [0.3, 0.4) is 0 Å². The smallest absolute Gasteiger partial charge is 0.248 e. The fraction of sp³-hybridized carbons (Fsp3) is 0.278. The molecule has 130 valence electrons. The number of benzene rings is 1. The van der Waals surface area contributed by atoms with Gasteiger partial charge in [0.15, 0.2) is 11.5 Å². The van der Waals surface area contributed by atoms with E-state index in [9.17, 15) is 4.79 Å². The van der Waals surface area contributed by atoms with Crippen molar-refractivity contribution in [3.05, 3.63) is 41.2 Å². The lowest BCUT2D eigenvalue weighted by Gasteiger charge is -2.15. The number of nitrogens with zero attached hydrogens (tertiary/aromatic N) is 3. The molecule has 1 aromatic carbocycles. The molecular weight excluding hydrogens is 320 g/mol. The molecule has 1 amide bonds. The zero-order valence-corrected chi connectivity index (χ0v) is 14.7. The zero-order chi connectivity index (χ0) is 18.0. The summed E-state index contributed by atoms with van der Waals surface area (Å²) in [5, 5.41) is 2.84. The number of anilines is 2. The molecule has 0 saturated carbocycles. The molecule has 7 heteroatoms. The van der Waals surface area contributed by atoms with Crippen molar-refractivity contribution < 1.29 is 14.3 Å². The van der Waals surface area contributed by atoms with Gasteiger partial charge in [-0.3, -0.25) is 4.79 Å². The van der Waals surface area contributed by atoms with Crippen molar-refractivity contribution in [1.82, 2.24) is 9.97 Å². The van der Waals surface area contributed by atoms with Gasteiger partial charge in [-0.2, -0.15) is 0 Å². The van der Waals surface area contributed by atoms with Gasteiger partial charge in [0.1, 0.15) is 0 Å². The molecular formula is C18H20N4O3. The molecule has 0 radical (unpaired) electrons. The van der Waals surface area contributed by atoms with E-state index in [-0.39, 0.29) is 12.7 Å². The van der Waals surface area contributed by atoms with Crippen LogP contribution in [0.4, 0.5) is 11.6 Å². The summed E-state index contributed by atoms with van der Waals surface area (Å²) < 4.78 is 10.6. The highest BCUT2D eigenvalue weighted by Crippen LogP contribution is 2.32. The van der Waals surface area contributed by atoms with Crippen molar-refractivity contribution in [1.29, 1.82) is 0 Å². The maximum absolute atomic E-state index is 12.2. The zero-order valence-electron chi connectivity index (χ0n) is 14.7. The number of fused-ring (bicyclic) bond motifs is 1. The third-order valence-electron chi connectivity index (χ3n) is 3.73. The van der Waals surface area contributed by atoms with Crippen LogP contribution < -0.4 is 19.7 Å². The predicted molar refractivity (Wildman–Crippen MR) is 96.1 cm³/mol. The molecule has 2 heterocycles. The SMILES string of the molecule is Cc1nc(N(C)C)nc(C)c1NC(=O)/C=C/c1ccc2c(c1)OCO2. The second-order valence-corrected chi connectivity index (χ2v) is 5.90. The molecule has 0 unspecified atom stereocenters. The third kappa shape index (κ3) is 3.71. The van der Waals surface area contributed by atoms with E-state index in [2.05, 4.69) is 15.3 Å². The van der Waals surface area contributed by atoms with Gasteiger partial charge in [-0.05, 0) is 37.6 Å². The summed E-state index contributed by atoms with van der Waals surface area (Å²) in [6.07, 6.45) is 3.19. The Balaban J connectivity index is 1.72. The minimum absolute atomic E-state index is 0.227. The average molecular weight is 340 g/mol. The van der Waals surface area contributed by atoms with E-state index in [4.69, 9.17) is 9.47 Å². The highest BCUT2D eigenvalue weighted by atomic mass is 16.7. The van der Waals surface area contributed by atoms with Crippen LogP contribution in [-0.4, -0.2) is 36.8 Å². The van der Waals surface area contributed by atoms with Gasteiger partial charge in [0.2, 0.25) is 18.6 Å². The van der Waals surface area contributed by atoms with E-state index in [1.165, 1.54) is 6.08 Å². The van der Waals surface area contributed by atoms with Crippen LogP contribution in [0.5, 0.6) is 11.5 Å². The number of aryl methyl sites for hydroxylation is 2. The van der Waals surface area contributed by atoms with E-state index in [1.54, 1.807) is 6.08 Å². The molecule has 0 saturated heterocycles. The number of aromatic nitrogens is 2. The Morgan fingerprint density at radius 1 is 1.16 bits per heavy atom. The first-order valence-electron chi connectivity index (χ1n) is 7.85. The lowest BCUT2D eigenvalue weighted by Crippen LogP contribution is -2.17. The Kier molecular flexibility index (Phi) is 4.56. The van der Waals surface area contributed by atoms with Crippen LogP contribution >= 0.6 is 0 Å². The topological polar surface area (TPSA) is 76.6 Å². The van der Waals surface area contributed by atoms with Gasteiger partial charge >= 0.3 is 0 Å². The van der Waals surface area contributed by atoms with Gasteiger partial charge in [0, 0.05) is 20.2 Å². The van der Waals surface area contributed by atoms with Crippen LogP contribution in [-0.2, 0) is 4.79 Å². The predicted octanol–water partition coefficient (Wildman–Crippen LogP) is 2.54. The van der Waals surface area contributed by atoms with Crippen LogP contribution in [0, 0.1) is 13.8 Å². The molecule has 0 bridgehead atoms. The summed E-state index contributed by atoms with van der Waals surface area (Å²) in [6, 6.07) is 5.52. The largest absolute Gasteiger partial charge is 0.454 e. The Morgan fingerprint density at radius 3 is 2.52 bits per heavy atom. The first kappa shape index (κ1) is 16.8. The fourth-order valence-corrected chi connectivity index (χ4v) is 2.43. The Labute approximate surface area is 146 Å². The van der Waals surface area contributed by atoms with Gasteiger partial charge in [-0.1, -0.05) is 6.07 Å². The number of ether oxygens (including phenoxy) is 2. The number of carbonyl (C=O) groups excluding carboxylic acids is 1. The number of amides is 1. The van der Waals surface area contributed by atoms with Crippen LogP contribution in [0.25, 0.3) is 6.08 Å². The van der Waals surface area contributed by atoms with E-state index < -0.39 is 0 Å². The Bertz CT molecular complexity index is 823. The van der Waals surface area contributed by atoms with E-state index in [1.807, 2.05) is 51.0 Å². The van der Waals surface area contributed by atoms with Crippen molar-refractivity contribution in [3.63, 3.8) is 0 Å². The molecule has 1 N–H and O–H groups in total. The van der Waals surface area contributed by atoms with Crippen LogP contribution in [0.1, 0.15) is 17.0 Å². The fourth-order valence-electron chi connectivity index (χ4n) is 2.43. The van der Waals surface area contributed by atoms with Gasteiger partial charge in [0.05, 0.1) is 17.1 Å². The second kappa shape index (κ2) is 6.80. The van der Waals surface area contributed by atoms with Gasteiger partial charge in [0.25, 0.3) is 0 Å². The number of hydrogen-bond donors (Lipinski definition) is 1. The lowest BCUT2D eigenvalue weighted by molar-refractivity contribution is -0.111. The average Bonchev–Trinajstić information content (AvgIpc) is 3.03. The number of rotatable bonds is 4. The monoisotopic (exact) mass is 340 g/mol.